The van der Waals surface area contributed by atoms with Crippen molar-refractivity contribution in [2.24, 2.45) is 18.7 Å². The molecule has 1 saturated carbocycles. The molecule has 1 aliphatic carbocycles. The first-order valence-electron chi connectivity index (χ1n) is 6.07. The van der Waals surface area contributed by atoms with Gasteiger partial charge in [-0.15, -0.1) is 0 Å². The standard InChI is InChI=1S/C12H21N3O/c1-9-11(7-13)12(15(2)14-9)16-8-10-5-3-4-6-10/h10H,3-8,13H2,1-2H3. The molecule has 4 heteroatoms. The van der Waals surface area contributed by atoms with Crippen molar-refractivity contribution in [2.75, 3.05) is 6.61 Å². The average Bonchev–Trinajstić information content (AvgIpc) is 2.83. The Balaban J connectivity index is 2.02. The summed E-state index contributed by atoms with van der Waals surface area (Å²) in [7, 11) is 1.91. The number of nitrogens with zero attached hydrogens (tertiary/aromatic N) is 2. The van der Waals surface area contributed by atoms with Crippen LogP contribution in [0.5, 0.6) is 5.88 Å². The number of hydrogen-bond acceptors (Lipinski definition) is 3. The van der Waals surface area contributed by atoms with Crippen molar-refractivity contribution in [3.63, 3.8) is 0 Å². The number of hydrogen-bond donors (Lipinski definition) is 1. The molecule has 0 saturated heterocycles. The van der Waals surface area contributed by atoms with Crippen LogP contribution in [0, 0.1) is 12.8 Å². The summed E-state index contributed by atoms with van der Waals surface area (Å²) in [6, 6.07) is 0. The van der Waals surface area contributed by atoms with E-state index in [0.717, 1.165) is 29.7 Å². The van der Waals surface area contributed by atoms with Gasteiger partial charge in [-0.05, 0) is 25.7 Å². The molecule has 0 spiro atoms. The van der Waals surface area contributed by atoms with Gasteiger partial charge in [0.25, 0.3) is 0 Å². The number of aryl methyl sites for hydroxylation is 2. The van der Waals surface area contributed by atoms with Gasteiger partial charge in [0.2, 0.25) is 5.88 Å². The Morgan fingerprint density at radius 1 is 1.44 bits per heavy atom. The lowest BCUT2D eigenvalue weighted by atomic mass is 10.1. The molecule has 2 N–H and O–H groups in total. The van der Waals surface area contributed by atoms with Gasteiger partial charge in [0.1, 0.15) is 0 Å². The number of rotatable bonds is 4. The van der Waals surface area contributed by atoms with E-state index in [1.807, 2.05) is 14.0 Å². The Hall–Kier alpha value is -1.03. The molecule has 0 aromatic carbocycles. The van der Waals surface area contributed by atoms with Crippen LogP contribution in [0.1, 0.15) is 36.9 Å². The first kappa shape index (κ1) is 11.5. The molecule has 0 atom stereocenters. The zero-order valence-electron chi connectivity index (χ0n) is 10.2. The van der Waals surface area contributed by atoms with E-state index in [1.54, 1.807) is 4.68 Å². The molecule has 1 aliphatic rings. The van der Waals surface area contributed by atoms with Gasteiger partial charge in [-0.2, -0.15) is 5.10 Å². The van der Waals surface area contributed by atoms with E-state index >= 15 is 0 Å². The van der Waals surface area contributed by atoms with Crippen molar-refractivity contribution in [2.45, 2.75) is 39.2 Å². The van der Waals surface area contributed by atoms with Crippen LogP contribution in [0.25, 0.3) is 0 Å². The summed E-state index contributed by atoms with van der Waals surface area (Å²) >= 11 is 0. The van der Waals surface area contributed by atoms with Crippen molar-refractivity contribution in [3.05, 3.63) is 11.3 Å². The van der Waals surface area contributed by atoms with Gasteiger partial charge in [-0.1, -0.05) is 12.8 Å². The van der Waals surface area contributed by atoms with Crippen LogP contribution in [-0.4, -0.2) is 16.4 Å². The topological polar surface area (TPSA) is 53.1 Å². The number of ether oxygens (including phenoxy) is 1. The highest BCUT2D eigenvalue weighted by atomic mass is 16.5. The minimum Gasteiger partial charge on any atom is -0.477 e. The predicted molar refractivity (Wildman–Crippen MR) is 63.3 cm³/mol. The van der Waals surface area contributed by atoms with Gasteiger partial charge in [0.15, 0.2) is 0 Å². The van der Waals surface area contributed by atoms with Crippen LogP contribution < -0.4 is 10.5 Å². The van der Waals surface area contributed by atoms with Crippen LogP contribution >= 0.6 is 0 Å². The van der Waals surface area contributed by atoms with Gasteiger partial charge in [0, 0.05) is 13.6 Å². The van der Waals surface area contributed by atoms with Crippen molar-refractivity contribution in [3.8, 4) is 5.88 Å². The fourth-order valence-corrected chi connectivity index (χ4v) is 2.47. The third kappa shape index (κ3) is 2.21. The maximum atomic E-state index is 5.88. The quantitative estimate of drug-likeness (QED) is 0.846. The molecule has 90 valence electrons. The third-order valence-corrected chi connectivity index (χ3v) is 3.42. The first-order valence-corrected chi connectivity index (χ1v) is 6.07. The van der Waals surface area contributed by atoms with Gasteiger partial charge in [0.05, 0.1) is 17.9 Å². The highest BCUT2D eigenvalue weighted by molar-refractivity contribution is 5.30. The Bertz CT molecular complexity index is 353. The van der Waals surface area contributed by atoms with E-state index in [9.17, 15) is 0 Å². The summed E-state index contributed by atoms with van der Waals surface area (Å²) in [4.78, 5) is 0. The van der Waals surface area contributed by atoms with Gasteiger partial charge < -0.3 is 10.5 Å². The number of aromatic nitrogens is 2. The molecule has 4 nitrogen and oxygen atoms in total. The van der Waals surface area contributed by atoms with E-state index < -0.39 is 0 Å². The van der Waals surface area contributed by atoms with Crippen LogP contribution in [0.3, 0.4) is 0 Å². The van der Waals surface area contributed by atoms with Gasteiger partial charge in [-0.3, -0.25) is 0 Å². The van der Waals surface area contributed by atoms with Crippen LogP contribution in [0.4, 0.5) is 0 Å². The second-order valence-electron chi connectivity index (χ2n) is 4.66. The van der Waals surface area contributed by atoms with E-state index in [0.29, 0.717) is 6.54 Å². The molecule has 2 rings (SSSR count). The molecule has 0 amide bonds. The molecule has 1 heterocycles. The molecule has 0 radical (unpaired) electrons. The van der Waals surface area contributed by atoms with Gasteiger partial charge >= 0.3 is 0 Å². The zero-order valence-corrected chi connectivity index (χ0v) is 10.2. The molecule has 16 heavy (non-hydrogen) atoms. The summed E-state index contributed by atoms with van der Waals surface area (Å²) in [6.45, 7) is 3.29. The summed E-state index contributed by atoms with van der Waals surface area (Å²) in [5, 5.41) is 4.34. The number of nitrogens with two attached hydrogens (primary N) is 1. The summed E-state index contributed by atoms with van der Waals surface area (Å²) in [5.74, 6) is 1.58. The molecular weight excluding hydrogens is 202 g/mol. The van der Waals surface area contributed by atoms with E-state index in [1.165, 1.54) is 25.7 Å². The highest BCUT2D eigenvalue weighted by Gasteiger charge is 2.18. The molecule has 0 bridgehead atoms. The van der Waals surface area contributed by atoms with Gasteiger partial charge in [-0.25, -0.2) is 4.68 Å². The van der Waals surface area contributed by atoms with Crippen molar-refractivity contribution in [1.82, 2.24) is 9.78 Å². The smallest absolute Gasteiger partial charge is 0.216 e. The lowest BCUT2D eigenvalue weighted by Crippen LogP contribution is -2.12. The first-order chi connectivity index (χ1) is 7.72. The Morgan fingerprint density at radius 2 is 2.12 bits per heavy atom. The van der Waals surface area contributed by atoms with Crippen LogP contribution in [0.15, 0.2) is 0 Å². The van der Waals surface area contributed by atoms with E-state index in [2.05, 4.69) is 5.10 Å². The Kier molecular flexibility index (Phi) is 3.49. The molecule has 0 unspecified atom stereocenters. The predicted octanol–water partition coefficient (Wildman–Crippen LogP) is 1.76. The minimum absolute atomic E-state index is 0.500. The molecule has 1 fully saturated rings. The summed E-state index contributed by atoms with van der Waals surface area (Å²) in [6.07, 6.45) is 5.30. The van der Waals surface area contributed by atoms with Crippen molar-refractivity contribution >= 4 is 0 Å². The fraction of sp³-hybridized carbons (Fsp3) is 0.750. The Labute approximate surface area is 96.8 Å². The lowest BCUT2D eigenvalue weighted by Gasteiger charge is -2.12. The summed E-state index contributed by atoms with van der Waals surface area (Å²) in [5.41, 5.74) is 7.74. The largest absolute Gasteiger partial charge is 0.477 e. The second kappa shape index (κ2) is 4.87. The zero-order chi connectivity index (χ0) is 11.5. The van der Waals surface area contributed by atoms with Crippen LogP contribution in [0.2, 0.25) is 0 Å². The fourth-order valence-electron chi connectivity index (χ4n) is 2.47. The normalized spacial score (nSPS) is 16.9. The summed E-state index contributed by atoms with van der Waals surface area (Å²) < 4.78 is 7.68. The van der Waals surface area contributed by atoms with E-state index in [-0.39, 0.29) is 0 Å². The molecule has 0 aliphatic heterocycles. The van der Waals surface area contributed by atoms with E-state index in [4.69, 9.17) is 10.5 Å². The SMILES string of the molecule is Cc1nn(C)c(OCC2CCCC2)c1CN. The Morgan fingerprint density at radius 3 is 2.75 bits per heavy atom. The van der Waals surface area contributed by atoms with Crippen molar-refractivity contribution < 1.29 is 4.74 Å². The molecule has 1 aromatic rings. The highest BCUT2D eigenvalue weighted by Crippen LogP contribution is 2.27. The maximum absolute atomic E-state index is 5.88. The van der Waals surface area contributed by atoms with Crippen LogP contribution in [-0.2, 0) is 13.6 Å². The average molecular weight is 223 g/mol. The van der Waals surface area contributed by atoms with Crippen molar-refractivity contribution in [1.29, 1.82) is 0 Å². The monoisotopic (exact) mass is 223 g/mol. The molecule has 1 aromatic heterocycles. The third-order valence-electron chi connectivity index (χ3n) is 3.42. The second-order valence-corrected chi connectivity index (χ2v) is 4.66. The molecular formula is C12H21N3O. The maximum Gasteiger partial charge on any atom is 0.216 e. The minimum atomic E-state index is 0.500. The lowest BCUT2D eigenvalue weighted by molar-refractivity contribution is 0.231.